The lowest BCUT2D eigenvalue weighted by Crippen LogP contribution is -2.23. The van der Waals surface area contributed by atoms with E-state index in [0.29, 0.717) is 22.5 Å². The molecule has 0 fully saturated rings. The smallest absolute Gasteiger partial charge is 0.384 e. The van der Waals surface area contributed by atoms with Gasteiger partial charge in [-0.3, -0.25) is 0 Å². The lowest BCUT2D eigenvalue weighted by molar-refractivity contribution is 0.182. The number of hydrogen-bond donors (Lipinski definition) is 2. The molecule has 0 aliphatic rings. The van der Waals surface area contributed by atoms with Crippen molar-refractivity contribution in [1.82, 2.24) is 14.7 Å². The summed E-state index contributed by atoms with van der Waals surface area (Å²) in [6, 6.07) is 5.47. The standard InChI is InChI=1S/C12H10N4O2S/c17-12-15-10(14-6-8-3-5-19-7-8)9-2-1-4-13-11(9)16(12)18/h1-5,7,18H,6H2,(H,14,15,17). The van der Waals surface area contributed by atoms with E-state index in [1.165, 1.54) is 6.20 Å². The highest BCUT2D eigenvalue weighted by molar-refractivity contribution is 7.07. The quantitative estimate of drug-likeness (QED) is 0.711. The van der Waals surface area contributed by atoms with E-state index in [2.05, 4.69) is 15.3 Å². The topological polar surface area (TPSA) is 80.0 Å². The van der Waals surface area contributed by atoms with E-state index in [-0.39, 0.29) is 5.65 Å². The average molecular weight is 274 g/mol. The van der Waals surface area contributed by atoms with E-state index >= 15 is 0 Å². The first kappa shape index (κ1) is 11.7. The first-order valence-corrected chi connectivity index (χ1v) is 6.52. The van der Waals surface area contributed by atoms with E-state index in [4.69, 9.17) is 0 Å². The van der Waals surface area contributed by atoms with Crippen LogP contribution in [0.25, 0.3) is 11.0 Å². The van der Waals surface area contributed by atoms with Crippen molar-refractivity contribution in [3.8, 4) is 0 Å². The van der Waals surface area contributed by atoms with Crippen LogP contribution in [0.2, 0.25) is 0 Å². The molecule has 0 atom stereocenters. The summed E-state index contributed by atoms with van der Waals surface area (Å²) in [5, 5.41) is 17.3. The summed E-state index contributed by atoms with van der Waals surface area (Å²) in [7, 11) is 0. The molecule has 0 aromatic carbocycles. The zero-order chi connectivity index (χ0) is 13.2. The molecule has 3 aromatic heterocycles. The maximum Gasteiger partial charge on any atom is 0.384 e. The van der Waals surface area contributed by atoms with Gasteiger partial charge in [0.2, 0.25) is 0 Å². The highest BCUT2D eigenvalue weighted by Gasteiger charge is 2.10. The number of aromatic nitrogens is 3. The van der Waals surface area contributed by atoms with Crippen LogP contribution in [0, 0.1) is 0 Å². The molecular weight excluding hydrogens is 264 g/mol. The van der Waals surface area contributed by atoms with Crippen LogP contribution >= 0.6 is 11.3 Å². The molecule has 0 spiro atoms. The van der Waals surface area contributed by atoms with E-state index in [9.17, 15) is 10.0 Å². The second kappa shape index (κ2) is 4.69. The van der Waals surface area contributed by atoms with Crippen LogP contribution in [-0.4, -0.2) is 19.9 Å². The van der Waals surface area contributed by atoms with Gasteiger partial charge in [0.05, 0.1) is 5.39 Å². The zero-order valence-corrected chi connectivity index (χ0v) is 10.6. The van der Waals surface area contributed by atoms with E-state index in [1.54, 1.807) is 23.5 Å². The Hall–Kier alpha value is -2.41. The van der Waals surface area contributed by atoms with Crippen LogP contribution < -0.4 is 11.0 Å². The van der Waals surface area contributed by atoms with Gasteiger partial charge in [-0.25, -0.2) is 9.78 Å². The Labute approximate surface area is 112 Å². The molecule has 2 N–H and O–H groups in total. The molecule has 0 aliphatic carbocycles. The zero-order valence-electron chi connectivity index (χ0n) is 9.78. The summed E-state index contributed by atoms with van der Waals surface area (Å²) in [6.07, 6.45) is 1.51. The lowest BCUT2D eigenvalue weighted by atomic mass is 10.3. The third-order valence-corrected chi connectivity index (χ3v) is 3.40. The van der Waals surface area contributed by atoms with Gasteiger partial charge in [-0.15, -0.1) is 4.73 Å². The van der Waals surface area contributed by atoms with Gasteiger partial charge in [0, 0.05) is 12.7 Å². The Balaban J connectivity index is 2.03. The predicted molar refractivity (Wildman–Crippen MR) is 72.6 cm³/mol. The molecule has 0 radical (unpaired) electrons. The van der Waals surface area contributed by atoms with Crippen LogP contribution in [0.5, 0.6) is 0 Å². The number of thiophene rings is 1. The normalized spacial score (nSPS) is 10.7. The minimum Gasteiger partial charge on any atom is -0.422 e. The van der Waals surface area contributed by atoms with Crippen molar-refractivity contribution in [2.24, 2.45) is 0 Å². The summed E-state index contributed by atoms with van der Waals surface area (Å²) < 4.78 is 0.450. The maximum absolute atomic E-state index is 11.5. The molecule has 0 aliphatic heterocycles. The molecule has 0 saturated carbocycles. The van der Waals surface area contributed by atoms with E-state index in [0.717, 1.165) is 5.56 Å². The molecule has 3 aromatic rings. The summed E-state index contributed by atoms with van der Waals surface area (Å²) >= 11 is 1.61. The highest BCUT2D eigenvalue weighted by Crippen LogP contribution is 2.17. The van der Waals surface area contributed by atoms with Gasteiger partial charge in [-0.2, -0.15) is 16.3 Å². The Bertz CT molecular complexity index is 767. The van der Waals surface area contributed by atoms with Gasteiger partial charge in [0.1, 0.15) is 5.82 Å². The number of nitrogens with one attached hydrogen (secondary N) is 1. The molecule has 19 heavy (non-hydrogen) atoms. The number of anilines is 1. The first-order valence-electron chi connectivity index (χ1n) is 5.57. The molecule has 7 heteroatoms. The molecule has 6 nitrogen and oxygen atoms in total. The Kier molecular flexibility index (Phi) is 2.88. The fourth-order valence-corrected chi connectivity index (χ4v) is 2.43. The van der Waals surface area contributed by atoms with E-state index in [1.807, 2.05) is 16.8 Å². The van der Waals surface area contributed by atoms with Crippen molar-refractivity contribution in [3.63, 3.8) is 0 Å². The van der Waals surface area contributed by atoms with Crippen molar-refractivity contribution in [2.45, 2.75) is 6.54 Å². The van der Waals surface area contributed by atoms with Gasteiger partial charge in [-0.1, -0.05) is 0 Å². The SMILES string of the molecule is O=c1nc(NCc2ccsc2)c2cccnc2n1O. The Morgan fingerprint density at radius 3 is 3.11 bits per heavy atom. The molecule has 96 valence electrons. The van der Waals surface area contributed by atoms with Crippen LogP contribution in [0.3, 0.4) is 0 Å². The summed E-state index contributed by atoms with van der Waals surface area (Å²) in [5.41, 5.74) is 0.548. The van der Waals surface area contributed by atoms with Crippen LogP contribution in [0.15, 0.2) is 40.0 Å². The molecular formula is C12H10N4O2S. The minimum atomic E-state index is -0.751. The molecule has 0 saturated heterocycles. The van der Waals surface area contributed by atoms with Gasteiger partial charge in [0.25, 0.3) is 0 Å². The lowest BCUT2D eigenvalue weighted by Gasteiger charge is -2.08. The van der Waals surface area contributed by atoms with Crippen LogP contribution in [-0.2, 0) is 6.54 Å². The monoisotopic (exact) mass is 274 g/mol. The first-order chi connectivity index (χ1) is 9.25. The second-order valence-electron chi connectivity index (χ2n) is 3.91. The van der Waals surface area contributed by atoms with Crippen molar-refractivity contribution < 1.29 is 5.21 Å². The van der Waals surface area contributed by atoms with Crippen molar-refractivity contribution >= 4 is 28.2 Å². The van der Waals surface area contributed by atoms with Gasteiger partial charge < -0.3 is 10.5 Å². The number of fused-ring (bicyclic) bond motifs is 1. The molecule has 0 bridgehead atoms. The summed E-state index contributed by atoms with van der Waals surface area (Å²) in [5.74, 6) is 0.421. The van der Waals surface area contributed by atoms with Crippen molar-refractivity contribution in [2.75, 3.05) is 5.32 Å². The van der Waals surface area contributed by atoms with Crippen LogP contribution in [0.1, 0.15) is 5.56 Å². The maximum atomic E-state index is 11.5. The molecule has 0 amide bonds. The number of hydrogen-bond acceptors (Lipinski definition) is 6. The van der Waals surface area contributed by atoms with Gasteiger partial charge in [-0.05, 0) is 34.5 Å². The van der Waals surface area contributed by atoms with Crippen molar-refractivity contribution in [1.29, 1.82) is 0 Å². The molecule has 0 unspecified atom stereocenters. The highest BCUT2D eigenvalue weighted by atomic mass is 32.1. The molecule has 3 heterocycles. The second-order valence-corrected chi connectivity index (χ2v) is 4.69. The van der Waals surface area contributed by atoms with Crippen molar-refractivity contribution in [3.05, 3.63) is 51.2 Å². The number of rotatable bonds is 3. The Morgan fingerprint density at radius 2 is 2.32 bits per heavy atom. The fraction of sp³-hybridized carbons (Fsp3) is 0.0833. The summed E-state index contributed by atoms with van der Waals surface area (Å²) in [6.45, 7) is 0.565. The number of pyridine rings is 1. The number of nitrogens with zero attached hydrogens (tertiary/aromatic N) is 3. The van der Waals surface area contributed by atoms with Gasteiger partial charge in [0.15, 0.2) is 5.65 Å². The predicted octanol–water partition coefficient (Wildman–Crippen LogP) is 1.70. The Morgan fingerprint density at radius 1 is 1.42 bits per heavy atom. The third kappa shape index (κ3) is 2.15. The fourth-order valence-electron chi connectivity index (χ4n) is 1.76. The average Bonchev–Trinajstić information content (AvgIpc) is 2.95. The summed E-state index contributed by atoms with van der Waals surface area (Å²) in [4.78, 5) is 19.3. The van der Waals surface area contributed by atoms with Crippen LogP contribution in [0.4, 0.5) is 5.82 Å². The van der Waals surface area contributed by atoms with Gasteiger partial charge >= 0.3 is 5.69 Å². The largest absolute Gasteiger partial charge is 0.422 e. The third-order valence-electron chi connectivity index (χ3n) is 2.67. The molecule has 3 rings (SSSR count). The minimum absolute atomic E-state index is 0.190. The van der Waals surface area contributed by atoms with E-state index < -0.39 is 5.69 Å².